The van der Waals surface area contributed by atoms with Crippen molar-refractivity contribution in [1.29, 1.82) is 0 Å². The van der Waals surface area contributed by atoms with Crippen molar-refractivity contribution in [2.24, 2.45) is 0 Å². The van der Waals surface area contributed by atoms with E-state index >= 15 is 0 Å². The number of hydrogen-bond acceptors (Lipinski definition) is 4. The van der Waals surface area contributed by atoms with E-state index in [4.69, 9.17) is 11.6 Å². The van der Waals surface area contributed by atoms with Gasteiger partial charge in [0.25, 0.3) is 5.91 Å². The lowest BCUT2D eigenvalue weighted by Crippen LogP contribution is -2.38. The van der Waals surface area contributed by atoms with Gasteiger partial charge in [-0.2, -0.15) is 0 Å². The van der Waals surface area contributed by atoms with Crippen LogP contribution in [0.3, 0.4) is 0 Å². The summed E-state index contributed by atoms with van der Waals surface area (Å²) in [5.41, 5.74) is 2.18. The molecule has 0 saturated carbocycles. The number of hydrogen-bond donors (Lipinski definition) is 0. The highest BCUT2D eigenvalue weighted by Crippen LogP contribution is 2.38. The minimum absolute atomic E-state index is 0.0101. The van der Waals surface area contributed by atoms with E-state index in [2.05, 4.69) is 14.9 Å². The summed E-state index contributed by atoms with van der Waals surface area (Å²) in [6.07, 6.45) is 1.15. The predicted octanol–water partition coefficient (Wildman–Crippen LogP) is 3.50. The molecule has 2 aliphatic heterocycles. The summed E-state index contributed by atoms with van der Waals surface area (Å²) in [5, 5.41) is 0.0101. The summed E-state index contributed by atoms with van der Waals surface area (Å²) in [4.78, 5) is 26.0. The predicted molar refractivity (Wildman–Crippen MR) is 93.3 cm³/mol. The second kappa shape index (κ2) is 5.95. The van der Waals surface area contributed by atoms with Gasteiger partial charge in [0.2, 0.25) is 0 Å². The maximum absolute atomic E-state index is 13.7. The molecule has 7 heteroatoms. The molecule has 25 heavy (non-hydrogen) atoms. The van der Waals surface area contributed by atoms with Crippen LogP contribution in [0, 0.1) is 12.7 Å². The molecule has 0 N–H and O–H groups in total. The van der Waals surface area contributed by atoms with Gasteiger partial charge in [-0.25, -0.2) is 14.4 Å². The molecule has 1 fully saturated rings. The summed E-state index contributed by atoms with van der Waals surface area (Å²) in [6.45, 7) is 6.21. The zero-order valence-electron chi connectivity index (χ0n) is 14.1. The number of carbonyl (C=O) groups excluding carboxylic acids is 1. The van der Waals surface area contributed by atoms with Crippen LogP contribution >= 0.6 is 11.6 Å². The van der Waals surface area contributed by atoms with E-state index in [1.807, 2.05) is 13.8 Å². The van der Waals surface area contributed by atoms with Crippen molar-refractivity contribution in [2.75, 3.05) is 18.0 Å². The average molecular weight is 361 g/mol. The van der Waals surface area contributed by atoms with Crippen molar-refractivity contribution in [3.05, 3.63) is 51.7 Å². The largest absolute Gasteiger partial charge is 0.356 e. The summed E-state index contributed by atoms with van der Waals surface area (Å²) < 4.78 is 13.7. The molecule has 1 saturated heterocycles. The summed E-state index contributed by atoms with van der Waals surface area (Å²) in [6, 6.07) is 3.97. The third-order valence-electron chi connectivity index (χ3n) is 4.90. The van der Waals surface area contributed by atoms with Gasteiger partial charge in [-0.05, 0) is 38.5 Å². The molecule has 0 spiro atoms. The van der Waals surface area contributed by atoms with Crippen LogP contribution in [0.5, 0.6) is 0 Å². The number of anilines is 1. The van der Waals surface area contributed by atoms with Gasteiger partial charge >= 0.3 is 0 Å². The SMILES string of the molecule is Cc1nc2c(c(N3CCC3)n1)CN(C(=O)c1ccc(Cl)c(F)c1)C2C. The Morgan fingerprint density at radius 1 is 1.32 bits per heavy atom. The van der Waals surface area contributed by atoms with Crippen LogP contribution in [-0.2, 0) is 6.54 Å². The Hall–Kier alpha value is -2.21. The van der Waals surface area contributed by atoms with Crippen LogP contribution in [0.25, 0.3) is 0 Å². The first kappa shape index (κ1) is 16.3. The van der Waals surface area contributed by atoms with Gasteiger partial charge in [0.05, 0.1) is 23.3 Å². The Morgan fingerprint density at radius 3 is 2.72 bits per heavy atom. The van der Waals surface area contributed by atoms with E-state index < -0.39 is 5.82 Å². The maximum atomic E-state index is 13.7. The van der Waals surface area contributed by atoms with Gasteiger partial charge in [0.1, 0.15) is 17.5 Å². The number of rotatable bonds is 2. The van der Waals surface area contributed by atoms with E-state index in [0.29, 0.717) is 12.4 Å². The molecule has 0 aliphatic carbocycles. The van der Waals surface area contributed by atoms with E-state index in [1.54, 1.807) is 11.0 Å². The fourth-order valence-electron chi connectivity index (χ4n) is 3.39. The molecule has 4 rings (SSSR count). The van der Waals surface area contributed by atoms with Crippen LogP contribution in [0.1, 0.15) is 46.8 Å². The molecule has 1 unspecified atom stereocenters. The Kier molecular flexibility index (Phi) is 3.87. The molecule has 130 valence electrons. The normalized spacial score (nSPS) is 19.0. The standard InChI is InChI=1S/C18H18ClFN4O/c1-10-16-13(17(22-11(2)21-16)23-6-3-7-23)9-24(10)18(25)12-4-5-14(19)15(20)8-12/h4-5,8,10H,3,6-7,9H2,1-2H3. The Morgan fingerprint density at radius 2 is 2.08 bits per heavy atom. The number of carbonyl (C=O) groups is 1. The molecule has 3 heterocycles. The third-order valence-corrected chi connectivity index (χ3v) is 5.21. The molecule has 0 bridgehead atoms. The highest BCUT2D eigenvalue weighted by Gasteiger charge is 2.36. The molecule has 1 amide bonds. The number of benzene rings is 1. The highest BCUT2D eigenvalue weighted by molar-refractivity contribution is 6.30. The number of aryl methyl sites for hydroxylation is 1. The lowest BCUT2D eigenvalue weighted by Gasteiger charge is -2.33. The zero-order valence-corrected chi connectivity index (χ0v) is 14.8. The molecule has 1 aromatic heterocycles. The Labute approximate surface area is 150 Å². The maximum Gasteiger partial charge on any atom is 0.254 e. The van der Waals surface area contributed by atoms with Crippen LogP contribution in [0.2, 0.25) is 5.02 Å². The summed E-state index contributed by atoms with van der Waals surface area (Å²) in [7, 11) is 0. The monoisotopic (exact) mass is 360 g/mol. The lowest BCUT2D eigenvalue weighted by molar-refractivity contribution is 0.0703. The van der Waals surface area contributed by atoms with Gasteiger partial charge in [-0.15, -0.1) is 0 Å². The highest BCUT2D eigenvalue weighted by atomic mass is 35.5. The van der Waals surface area contributed by atoms with Crippen LogP contribution in [0.4, 0.5) is 10.2 Å². The fraction of sp³-hybridized carbons (Fsp3) is 0.389. The van der Waals surface area contributed by atoms with E-state index in [0.717, 1.165) is 36.6 Å². The zero-order chi connectivity index (χ0) is 17.7. The first-order chi connectivity index (χ1) is 12.0. The van der Waals surface area contributed by atoms with E-state index in [9.17, 15) is 9.18 Å². The Balaban J connectivity index is 1.68. The average Bonchev–Trinajstić information content (AvgIpc) is 2.85. The third kappa shape index (κ3) is 2.65. The van der Waals surface area contributed by atoms with Crippen molar-refractivity contribution in [3.8, 4) is 0 Å². The van der Waals surface area contributed by atoms with Gasteiger partial charge < -0.3 is 9.80 Å². The second-order valence-electron chi connectivity index (χ2n) is 6.54. The minimum atomic E-state index is -0.589. The fourth-order valence-corrected chi connectivity index (χ4v) is 3.50. The first-order valence-corrected chi connectivity index (χ1v) is 8.72. The topological polar surface area (TPSA) is 49.3 Å². The summed E-state index contributed by atoms with van der Waals surface area (Å²) >= 11 is 5.72. The van der Waals surface area contributed by atoms with Crippen molar-refractivity contribution in [1.82, 2.24) is 14.9 Å². The smallest absolute Gasteiger partial charge is 0.254 e. The quantitative estimate of drug-likeness (QED) is 0.822. The molecule has 5 nitrogen and oxygen atoms in total. The molecular formula is C18H18ClFN4O. The van der Waals surface area contributed by atoms with Crippen molar-refractivity contribution >= 4 is 23.3 Å². The molecule has 2 aliphatic rings. The van der Waals surface area contributed by atoms with Crippen LogP contribution in [-0.4, -0.2) is 33.9 Å². The van der Waals surface area contributed by atoms with Gasteiger partial charge in [-0.3, -0.25) is 4.79 Å². The molecule has 1 atom stereocenters. The Bertz CT molecular complexity index is 868. The van der Waals surface area contributed by atoms with Crippen molar-refractivity contribution in [3.63, 3.8) is 0 Å². The number of fused-ring (bicyclic) bond motifs is 1. The molecule has 0 radical (unpaired) electrons. The minimum Gasteiger partial charge on any atom is -0.356 e. The lowest BCUT2D eigenvalue weighted by atomic mass is 10.1. The van der Waals surface area contributed by atoms with Gasteiger partial charge in [0.15, 0.2) is 0 Å². The van der Waals surface area contributed by atoms with Gasteiger partial charge in [-0.1, -0.05) is 11.6 Å². The molecule has 2 aromatic rings. The van der Waals surface area contributed by atoms with Gasteiger partial charge in [0, 0.05) is 24.2 Å². The second-order valence-corrected chi connectivity index (χ2v) is 6.94. The van der Waals surface area contributed by atoms with Crippen molar-refractivity contribution < 1.29 is 9.18 Å². The number of amides is 1. The van der Waals surface area contributed by atoms with Crippen LogP contribution < -0.4 is 4.90 Å². The number of halogens is 2. The van der Waals surface area contributed by atoms with E-state index in [-0.39, 0.29) is 22.5 Å². The van der Waals surface area contributed by atoms with Crippen molar-refractivity contribution in [2.45, 2.75) is 32.9 Å². The summed E-state index contributed by atoms with van der Waals surface area (Å²) in [5.74, 6) is 0.819. The van der Waals surface area contributed by atoms with Crippen LogP contribution in [0.15, 0.2) is 18.2 Å². The number of aromatic nitrogens is 2. The molecule has 1 aromatic carbocycles. The molecular weight excluding hydrogens is 343 g/mol. The first-order valence-electron chi connectivity index (χ1n) is 8.34. The number of nitrogens with zero attached hydrogens (tertiary/aromatic N) is 4. The van der Waals surface area contributed by atoms with E-state index in [1.165, 1.54) is 12.1 Å².